The van der Waals surface area contributed by atoms with Crippen molar-refractivity contribution in [3.63, 3.8) is 0 Å². The summed E-state index contributed by atoms with van der Waals surface area (Å²) in [6, 6.07) is 82.2. The standard InChI is InChI=1S/C58H37N/c1-3-15-42(16-4-1)54-36-45(37-55(59-54)43-17-5-2-6-18-43)40-29-27-38(28-30-40)39-31-33-41(34-32-39)50-35-44-19-7-8-20-46(44)57-56(50)49-23-11-14-26-53(49)58(57)51-24-12-9-21-47(51)48-22-10-13-25-52(48)58/h1-37H. The Morgan fingerprint density at radius 1 is 0.288 bits per heavy atom. The highest BCUT2D eigenvalue weighted by Crippen LogP contribution is 2.65. The van der Waals surface area contributed by atoms with Gasteiger partial charge in [-0.2, -0.15) is 0 Å². The van der Waals surface area contributed by atoms with Crippen LogP contribution in [0.3, 0.4) is 0 Å². The van der Waals surface area contributed by atoms with Crippen LogP contribution in [-0.4, -0.2) is 4.98 Å². The summed E-state index contributed by atoms with van der Waals surface area (Å²) in [5, 5.41) is 2.57. The Kier molecular flexibility index (Phi) is 7.52. The zero-order valence-electron chi connectivity index (χ0n) is 32.3. The van der Waals surface area contributed by atoms with Gasteiger partial charge in [0.25, 0.3) is 0 Å². The van der Waals surface area contributed by atoms with Gasteiger partial charge in [-0.3, -0.25) is 0 Å². The Morgan fingerprint density at radius 2 is 0.712 bits per heavy atom. The number of hydrogen-bond acceptors (Lipinski definition) is 1. The van der Waals surface area contributed by atoms with Gasteiger partial charge in [-0.05, 0) is 107 Å². The zero-order valence-corrected chi connectivity index (χ0v) is 32.3. The number of hydrogen-bond donors (Lipinski definition) is 0. The first kappa shape index (κ1) is 33.5. The van der Waals surface area contributed by atoms with E-state index >= 15 is 0 Å². The molecular formula is C58H37N. The highest BCUT2D eigenvalue weighted by atomic mass is 14.7. The third kappa shape index (κ3) is 5.08. The molecule has 0 amide bonds. The van der Waals surface area contributed by atoms with Crippen LogP contribution in [-0.2, 0) is 5.41 Å². The Labute approximate surface area is 344 Å². The maximum atomic E-state index is 5.09. The molecule has 274 valence electrons. The number of aromatic nitrogens is 1. The number of fused-ring (bicyclic) bond motifs is 12. The van der Waals surface area contributed by atoms with Crippen LogP contribution in [0.1, 0.15) is 22.3 Å². The second kappa shape index (κ2) is 13.2. The number of benzene rings is 9. The molecule has 0 N–H and O–H groups in total. The lowest BCUT2D eigenvalue weighted by Crippen LogP contribution is -2.26. The highest BCUT2D eigenvalue weighted by molar-refractivity contribution is 6.09. The smallest absolute Gasteiger partial charge is 0.0731 e. The van der Waals surface area contributed by atoms with E-state index < -0.39 is 5.41 Å². The van der Waals surface area contributed by atoms with E-state index in [2.05, 4.69) is 212 Å². The van der Waals surface area contributed by atoms with E-state index in [-0.39, 0.29) is 0 Å². The molecule has 9 aromatic carbocycles. The van der Waals surface area contributed by atoms with Crippen molar-refractivity contribution in [1.82, 2.24) is 4.98 Å². The molecule has 12 rings (SSSR count). The predicted octanol–water partition coefficient (Wildman–Crippen LogP) is 14.9. The van der Waals surface area contributed by atoms with Crippen LogP contribution in [0.2, 0.25) is 0 Å². The molecule has 0 saturated heterocycles. The van der Waals surface area contributed by atoms with E-state index in [1.165, 1.54) is 77.5 Å². The molecule has 1 nitrogen and oxygen atoms in total. The van der Waals surface area contributed by atoms with Gasteiger partial charge in [0.2, 0.25) is 0 Å². The van der Waals surface area contributed by atoms with Gasteiger partial charge in [0.1, 0.15) is 0 Å². The summed E-state index contributed by atoms with van der Waals surface area (Å²) in [7, 11) is 0. The molecule has 0 bridgehead atoms. The van der Waals surface area contributed by atoms with E-state index in [0.717, 1.165) is 33.6 Å². The average Bonchev–Trinajstić information content (AvgIpc) is 3.80. The topological polar surface area (TPSA) is 12.9 Å². The van der Waals surface area contributed by atoms with Gasteiger partial charge in [-0.25, -0.2) is 4.98 Å². The molecule has 0 atom stereocenters. The van der Waals surface area contributed by atoms with Crippen LogP contribution in [0, 0.1) is 0 Å². The van der Waals surface area contributed by atoms with Crippen LogP contribution in [0.4, 0.5) is 0 Å². The second-order valence-electron chi connectivity index (χ2n) is 15.8. The largest absolute Gasteiger partial charge is 0.248 e. The molecule has 0 fully saturated rings. The van der Waals surface area contributed by atoms with E-state index in [4.69, 9.17) is 4.98 Å². The number of rotatable bonds is 5. The minimum absolute atomic E-state index is 0.408. The molecule has 59 heavy (non-hydrogen) atoms. The minimum atomic E-state index is -0.408. The van der Waals surface area contributed by atoms with E-state index in [0.29, 0.717) is 0 Å². The van der Waals surface area contributed by atoms with Crippen LogP contribution in [0.5, 0.6) is 0 Å². The van der Waals surface area contributed by atoms with Gasteiger partial charge in [-0.1, -0.05) is 206 Å². The first-order valence-corrected chi connectivity index (χ1v) is 20.5. The van der Waals surface area contributed by atoms with Gasteiger partial charge in [-0.15, -0.1) is 0 Å². The summed E-state index contributed by atoms with van der Waals surface area (Å²) in [5.74, 6) is 0. The van der Waals surface area contributed by atoms with Crippen LogP contribution < -0.4 is 0 Å². The Morgan fingerprint density at radius 3 is 1.27 bits per heavy atom. The fourth-order valence-electron chi connectivity index (χ4n) is 10.1. The van der Waals surface area contributed by atoms with Crippen LogP contribution in [0.15, 0.2) is 224 Å². The van der Waals surface area contributed by atoms with Crippen LogP contribution in [0.25, 0.3) is 88.9 Å². The monoisotopic (exact) mass is 747 g/mol. The molecule has 0 radical (unpaired) electrons. The van der Waals surface area contributed by atoms with Crippen molar-refractivity contribution in [3.05, 3.63) is 247 Å². The number of pyridine rings is 1. The lowest BCUT2D eigenvalue weighted by Gasteiger charge is -2.31. The normalized spacial score (nSPS) is 12.9. The lowest BCUT2D eigenvalue weighted by atomic mass is 9.69. The van der Waals surface area contributed by atoms with Crippen LogP contribution >= 0.6 is 0 Å². The van der Waals surface area contributed by atoms with Gasteiger partial charge < -0.3 is 0 Å². The molecule has 1 spiro atoms. The molecule has 0 saturated carbocycles. The van der Waals surface area contributed by atoms with Gasteiger partial charge in [0.05, 0.1) is 16.8 Å². The van der Waals surface area contributed by atoms with Gasteiger partial charge in [0, 0.05) is 11.1 Å². The zero-order chi connectivity index (χ0) is 38.9. The summed E-state index contributed by atoms with van der Waals surface area (Å²) >= 11 is 0. The third-order valence-electron chi connectivity index (χ3n) is 12.7. The lowest BCUT2D eigenvalue weighted by molar-refractivity contribution is 0.801. The molecule has 1 heterocycles. The Hall–Kier alpha value is -7.61. The fourth-order valence-corrected chi connectivity index (χ4v) is 10.1. The van der Waals surface area contributed by atoms with E-state index in [1.807, 2.05) is 12.1 Å². The SMILES string of the molecule is c1ccc(-c2cc(-c3ccc(-c4ccc(-c5cc6ccccc6c6c5-c5ccccc5C65c6ccccc6-c6ccccc65)cc4)cc3)cc(-c3ccccc3)n2)cc1. The summed E-state index contributed by atoms with van der Waals surface area (Å²) in [6.45, 7) is 0. The van der Waals surface area contributed by atoms with Gasteiger partial charge >= 0.3 is 0 Å². The summed E-state index contributed by atoms with van der Waals surface area (Å²) in [4.78, 5) is 5.09. The molecule has 10 aromatic rings. The summed E-state index contributed by atoms with van der Waals surface area (Å²) in [6.07, 6.45) is 0. The van der Waals surface area contributed by atoms with Crippen molar-refractivity contribution in [1.29, 1.82) is 0 Å². The van der Waals surface area contributed by atoms with Crippen molar-refractivity contribution >= 4 is 10.8 Å². The molecule has 2 aliphatic carbocycles. The van der Waals surface area contributed by atoms with E-state index in [9.17, 15) is 0 Å². The second-order valence-corrected chi connectivity index (χ2v) is 15.8. The fraction of sp³-hybridized carbons (Fsp3) is 0.0172. The predicted molar refractivity (Wildman–Crippen MR) is 245 cm³/mol. The minimum Gasteiger partial charge on any atom is -0.248 e. The van der Waals surface area contributed by atoms with E-state index in [1.54, 1.807) is 0 Å². The molecule has 0 aliphatic heterocycles. The quantitative estimate of drug-likeness (QED) is 0.171. The van der Waals surface area contributed by atoms with Crippen molar-refractivity contribution in [2.75, 3.05) is 0 Å². The van der Waals surface area contributed by atoms with Gasteiger partial charge in [0.15, 0.2) is 0 Å². The molecule has 2 aliphatic rings. The first-order valence-electron chi connectivity index (χ1n) is 20.5. The summed E-state index contributed by atoms with van der Waals surface area (Å²) in [5.41, 5.74) is 21.7. The van der Waals surface area contributed by atoms with Crippen molar-refractivity contribution in [2.45, 2.75) is 5.41 Å². The molecule has 1 aromatic heterocycles. The first-order chi connectivity index (χ1) is 29.3. The maximum absolute atomic E-state index is 5.09. The maximum Gasteiger partial charge on any atom is 0.0731 e. The van der Waals surface area contributed by atoms with Crippen molar-refractivity contribution in [2.24, 2.45) is 0 Å². The summed E-state index contributed by atoms with van der Waals surface area (Å²) < 4.78 is 0. The average molecular weight is 748 g/mol. The van der Waals surface area contributed by atoms with Crippen molar-refractivity contribution < 1.29 is 0 Å². The molecular weight excluding hydrogens is 711 g/mol. The third-order valence-corrected chi connectivity index (χ3v) is 12.7. The van der Waals surface area contributed by atoms with Crippen molar-refractivity contribution in [3.8, 4) is 78.1 Å². The molecule has 0 unspecified atom stereocenters. The number of nitrogens with zero attached hydrogens (tertiary/aromatic N) is 1. The Bertz CT molecular complexity index is 3130. The Balaban J connectivity index is 0.969. The highest BCUT2D eigenvalue weighted by Gasteiger charge is 2.52. The molecule has 1 heteroatoms.